The Morgan fingerprint density at radius 3 is 2.50 bits per heavy atom. The number of amides is 1. The Morgan fingerprint density at radius 1 is 1.06 bits per heavy atom. The molecule has 1 aliphatic rings. The number of aromatic nitrogens is 3. The molecular weight excluding hydrogens is 440 g/mol. The lowest BCUT2D eigenvalue weighted by atomic mass is 10.1. The van der Waals surface area contributed by atoms with Gasteiger partial charge in [-0.3, -0.25) is 4.79 Å². The zero-order chi connectivity index (χ0) is 22.4. The van der Waals surface area contributed by atoms with Gasteiger partial charge in [-0.25, -0.2) is 9.97 Å². The summed E-state index contributed by atoms with van der Waals surface area (Å²) >= 11 is 7.78. The van der Waals surface area contributed by atoms with E-state index >= 15 is 0 Å². The minimum absolute atomic E-state index is 0.106. The summed E-state index contributed by atoms with van der Waals surface area (Å²) in [4.78, 5) is 24.8. The lowest BCUT2D eigenvalue weighted by Gasteiger charge is -2.12. The second-order valence-electron chi connectivity index (χ2n) is 8.28. The van der Waals surface area contributed by atoms with Crippen LogP contribution in [-0.4, -0.2) is 39.4 Å². The maximum Gasteiger partial charge on any atom is 0.271 e. The highest BCUT2D eigenvalue weighted by Gasteiger charge is 2.31. The molecule has 0 aliphatic heterocycles. The number of nitrogens with zero attached hydrogens (tertiary/aromatic N) is 4. The van der Waals surface area contributed by atoms with E-state index in [1.807, 2.05) is 42.5 Å². The van der Waals surface area contributed by atoms with Gasteiger partial charge in [0.25, 0.3) is 5.91 Å². The fourth-order valence-electron chi connectivity index (χ4n) is 3.82. The van der Waals surface area contributed by atoms with Crippen LogP contribution in [0.5, 0.6) is 0 Å². The van der Waals surface area contributed by atoms with Crippen LogP contribution in [0.15, 0.2) is 64.5 Å². The van der Waals surface area contributed by atoms with Crippen LogP contribution in [0.2, 0.25) is 5.02 Å². The molecule has 0 spiro atoms. The first-order valence-corrected chi connectivity index (χ1v) is 11.7. The Kier molecular flexibility index (Phi) is 5.43. The third kappa shape index (κ3) is 3.89. The van der Waals surface area contributed by atoms with Gasteiger partial charge < -0.3 is 9.47 Å². The number of halogens is 1. The number of hydrogen-bond acceptors (Lipinski definition) is 4. The number of carbonyl (C=O) groups is 1. The Labute approximate surface area is 196 Å². The summed E-state index contributed by atoms with van der Waals surface area (Å²) in [6.07, 6.45) is 2.37. The van der Waals surface area contributed by atoms with E-state index in [0.29, 0.717) is 11.6 Å². The van der Waals surface area contributed by atoms with Crippen molar-refractivity contribution in [3.8, 4) is 11.3 Å². The summed E-state index contributed by atoms with van der Waals surface area (Å²) in [6.45, 7) is 0. The van der Waals surface area contributed by atoms with Crippen molar-refractivity contribution in [2.75, 3.05) is 14.1 Å². The number of pyridine rings is 1. The standard InChI is InChI=1S/C25H23ClN4OS/c1-29(2)24(31)21-14-13-18-19(5-4-6-20(18)27-21)22-25(30(3)23(28-22)15-7-8-15)32-17-11-9-16(26)10-12-17/h4-6,9-15H,7-8H2,1-3H3. The van der Waals surface area contributed by atoms with Crippen molar-refractivity contribution in [2.24, 2.45) is 7.05 Å². The third-order valence-electron chi connectivity index (χ3n) is 5.66. The van der Waals surface area contributed by atoms with E-state index in [-0.39, 0.29) is 5.91 Å². The van der Waals surface area contributed by atoms with Crippen LogP contribution in [0.4, 0.5) is 0 Å². The maximum atomic E-state index is 12.4. The molecule has 0 unspecified atom stereocenters. The van der Waals surface area contributed by atoms with E-state index in [0.717, 1.165) is 42.9 Å². The average molecular weight is 463 g/mol. The van der Waals surface area contributed by atoms with Gasteiger partial charge in [-0.1, -0.05) is 35.5 Å². The van der Waals surface area contributed by atoms with Crippen LogP contribution >= 0.6 is 23.4 Å². The molecule has 5 nitrogen and oxygen atoms in total. The number of imidazole rings is 1. The van der Waals surface area contributed by atoms with Crippen molar-refractivity contribution in [3.05, 3.63) is 71.1 Å². The fourth-order valence-corrected chi connectivity index (χ4v) is 4.93. The maximum absolute atomic E-state index is 12.4. The lowest BCUT2D eigenvalue weighted by Crippen LogP contribution is -2.22. The molecule has 0 radical (unpaired) electrons. The molecule has 0 saturated heterocycles. The van der Waals surface area contributed by atoms with Crippen LogP contribution in [0.1, 0.15) is 35.1 Å². The first kappa shape index (κ1) is 21.0. The summed E-state index contributed by atoms with van der Waals surface area (Å²) < 4.78 is 2.22. The predicted octanol–water partition coefficient (Wildman–Crippen LogP) is 6.02. The van der Waals surface area contributed by atoms with E-state index in [9.17, 15) is 4.79 Å². The molecule has 162 valence electrons. The molecule has 4 aromatic rings. The molecule has 1 aliphatic carbocycles. The number of rotatable bonds is 5. The van der Waals surface area contributed by atoms with Crippen molar-refractivity contribution in [1.82, 2.24) is 19.4 Å². The van der Waals surface area contributed by atoms with Gasteiger partial charge >= 0.3 is 0 Å². The molecule has 2 aromatic carbocycles. The quantitative estimate of drug-likeness (QED) is 0.364. The largest absolute Gasteiger partial charge is 0.343 e. The second-order valence-corrected chi connectivity index (χ2v) is 9.78. The van der Waals surface area contributed by atoms with E-state index < -0.39 is 0 Å². The number of carbonyl (C=O) groups excluding carboxylic acids is 1. The molecule has 1 saturated carbocycles. The zero-order valence-corrected chi connectivity index (χ0v) is 19.7. The van der Waals surface area contributed by atoms with Crippen molar-refractivity contribution in [3.63, 3.8) is 0 Å². The highest BCUT2D eigenvalue weighted by molar-refractivity contribution is 7.99. The minimum Gasteiger partial charge on any atom is -0.343 e. The summed E-state index contributed by atoms with van der Waals surface area (Å²) in [5, 5.41) is 2.80. The number of fused-ring (bicyclic) bond motifs is 1. The molecular formula is C25H23ClN4OS. The highest BCUT2D eigenvalue weighted by atomic mass is 35.5. The Morgan fingerprint density at radius 2 is 1.81 bits per heavy atom. The van der Waals surface area contributed by atoms with Gasteiger partial charge in [0.15, 0.2) is 0 Å². The van der Waals surface area contributed by atoms with Crippen LogP contribution in [0.3, 0.4) is 0 Å². The van der Waals surface area contributed by atoms with Crippen molar-refractivity contribution < 1.29 is 4.79 Å². The summed E-state index contributed by atoms with van der Waals surface area (Å²) in [7, 11) is 5.57. The van der Waals surface area contributed by atoms with Gasteiger partial charge in [-0.15, -0.1) is 0 Å². The molecule has 1 amide bonds. The van der Waals surface area contributed by atoms with Crippen LogP contribution < -0.4 is 0 Å². The third-order valence-corrected chi connectivity index (χ3v) is 7.08. The second kappa shape index (κ2) is 8.26. The molecule has 0 atom stereocenters. The van der Waals surface area contributed by atoms with Crippen LogP contribution in [0.25, 0.3) is 22.2 Å². The van der Waals surface area contributed by atoms with Gasteiger partial charge in [0.05, 0.1) is 5.52 Å². The molecule has 1 fully saturated rings. The summed E-state index contributed by atoms with van der Waals surface area (Å²) in [5.74, 6) is 1.54. The van der Waals surface area contributed by atoms with E-state index in [1.54, 1.807) is 36.8 Å². The summed E-state index contributed by atoms with van der Waals surface area (Å²) in [6, 6.07) is 17.7. The molecule has 7 heteroatoms. The first-order valence-electron chi connectivity index (χ1n) is 10.5. The SMILES string of the molecule is CN(C)C(=O)c1ccc2c(-c3nc(C4CC4)n(C)c3Sc3ccc(Cl)cc3)cccc2n1. The highest BCUT2D eigenvalue weighted by Crippen LogP contribution is 2.45. The fraction of sp³-hybridized carbons (Fsp3) is 0.240. The van der Waals surface area contributed by atoms with Gasteiger partial charge in [0, 0.05) is 47.9 Å². The predicted molar refractivity (Wildman–Crippen MR) is 130 cm³/mol. The topological polar surface area (TPSA) is 51.0 Å². The zero-order valence-electron chi connectivity index (χ0n) is 18.2. The molecule has 2 heterocycles. The Bertz CT molecular complexity index is 1330. The summed E-state index contributed by atoms with van der Waals surface area (Å²) in [5.41, 5.74) is 3.21. The van der Waals surface area contributed by atoms with Crippen LogP contribution in [-0.2, 0) is 7.05 Å². The van der Waals surface area contributed by atoms with Gasteiger partial charge in [0.2, 0.25) is 0 Å². The molecule has 0 N–H and O–H groups in total. The molecule has 2 aromatic heterocycles. The van der Waals surface area contributed by atoms with Crippen LogP contribution in [0, 0.1) is 0 Å². The monoisotopic (exact) mass is 462 g/mol. The van der Waals surface area contributed by atoms with Crippen molar-refractivity contribution >= 4 is 40.2 Å². The van der Waals surface area contributed by atoms with E-state index in [2.05, 4.69) is 22.7 Å². The molecule has 5 rings (SSSR count). The van der Waals surface area contributed by atoms with Gasteiger partial charge in [-0.05, 0) is 55.3 Å². The Hall–Kier alpha value is -2.83. The van der Waals surface area contributed by atoms with Gasteiger partial charge in [0.1, 0.15) is 22.2 Å². The Balaban J connectivity index is 1.64. The number of benzene rings is 2. The lowest BCUT2D eigenvalue weighted by molar-refractivity contribution is 0.0822. The van der Waals surface area contributed by atoms with E-state index in [1.165, 1.54) is 12.8 Å². The number of hydrogen-bond donors (Lipinski definition) is 0. The molecule has 0 bridgehead atoms. The van der Waals surface area contributed by atoms with Crippen molar-refractivity contribution in [1.29, 1.82) is 0 Å². The van der Waals surface area contributed by atoms with Crippen molar-refractivity contribution in [2.45, 2.75) is 28.7 Å². The normalized spacial score (nSPS) is 13.5. The minimum atomic E-state index is -0.106. The molecule has 32 heavy (non-hydrogen) atoms. The van der Waals surface area contributed by atoms with E-state index in [4.69, 9.17) is 16.6 Å². The van der Waals surface area contributed by atoms with Gasteiger partial charge in [-0.2, -0.15) is 0 Å². The first-order chi connectivity index (χ1) is 15.4. The average Bonchev–Trinajstić information content (AvgIpc) is 3.59. The smallest absolute Gasteiger partial charge is 0.271 e.